The van der Waals surface area contributed by atoms with Crippen molar-refractivity contribution in [2.75, 3.05) is 5.75 Å². The fraction of sp³-hybridized carbons (Fsp3) is 0.438. The van der Waals surface area contributed by atoms with Crippen LogP contribution in [-0.4, -0.2) is 37.6 Å². The van der Waals surface area contributed by atoms with Crippen molar-refractivity contribution in [2.24, 2.45) is 0 Å². The van der Waals surface area contributed by atoms with Gasteiger partial charge in [-0.05, 0) is 32.4 Å². The number of carbonyl (C=O) groups is 1. The molecule has 2 N–H and O–H groups in total. The average Bonchev–Trinajstić information content (AvgIpc) is 2.95. The summed E-state index contributed by atoms with van der Waals surface area (Å²) in [5.74, 6) is 1.05. The number of phenolic OH excluding ortho intramolecular Hbond substituents is 1. The van der Waals surface area contributed by atoms with Gasteiger partial charge in [0, 0.05) is 12.6 Å². The molecule has 0 saturated carbocycles. The molecule has 124 valence electrons. The lowest BCUT2D eigenvalue weighted by atomic mass is 10.2. The normalized spacial score (nSPS) is 12.1. The Morgan fingerprint density at radius 1 is 1.35 bits per heavy atom. The zero-order chi connectivity index (χ0) is 16.8. The van der Waals surface area contributed by atoms with Crippen molar-refractivity contribution in [1.29, 1.82) is 0 Å². The predicted molar refractivity (Wildman–Crippen MR) is 91.4 cm³/mol. The van der Waals surface area contributed by atoms with E-state index in [-0.39, 0.29) is 17.7 Å². The van der Waals surface area contributed by atoms with Crippen molar-refractivity contribution in [3.63, 3.8) is 0 Å². The Kier molecular flexibility index (Phi) is 6.04. The maximum atomic E-state index is 11.9. The van der Waals surface area contributed by atoms with Gasteiger partial charge in [-0.2, -0.15) is 0 Å². The molecule has 0 aliphatic rings. The molecule has 2 aromatic rings. The molecule has 0 saturated heterocycles. The van der Waals surface area contributed by atoms with Crippen LogP contribution in [0.1, 0.15) is 27.2 Å². The zero-order valence-corrected chi connectivity index (χ0v) is 14.4. The molecule has 1 amide bonds. The van der Waals surface area contributed by atoms with Crippen LogP contribution in [0.25, 0.3) is 11.4 Å². The number of benzene rings is 1. The number of thioether (sulfide) groups is 1. The van der Waals surface area contributed by atoms with E-state index in [2.05, 4.69) is 15.5 Å². The van der Waals surface area contributed by atoms with Crippen LogP contribution in [0, 0.1) is 0 Å². The standard InChI is InChI=1S/C16H22N4O2S/c1-4-11(3)17-14(22)10-23-16-19-18-15(20(16)5-2)12-8-6-7-9-13(12)21/h6-9,11,21H,4-5,10H2,1-3H3,(H,17,22)/t11-/m1/s1. The Morgan fingerprint density at radius 2 is 2.09 bits per heavy atom. The Bertz CT molecular complexity index is 672. The van der Waals surface area contributed by atoms with Gasteiger partial charge in [0.05, 0.1) is 11.3 Å². The maximum Gasteiger partial charge on any atom is 0.230 e. The number of carbonyl (C=O) groups excluding carboxylic acids is 1. The van der Waals surface area contributed by atoms with Gasteiger partial charge >= 0.3 is 0 Å². The monoisotopic (exact) mass is 334 g/mol. The number of phenols is 1. The third kappa shape index (κ3) is 4.25. The molecular weight excluding hydrogens is 312 g/mol. The highest BCUT2D eigenvalue weighted by Crippen LogP contribution is 2.29. The summed E-state index contributed by atoms with van der Waals surface area (Å²) < 4.78 is 1.90. The highest BCUT2D eigenvalue weighted by molar-refractivity contribution is 7.99. The highest BCUT2D eigenvalue weighted by atomic mass is 32.2. The minimum absolute atomic E-state index is 0.0147. The van der Waals surface area contributed by atoms with Gasteiger partial charge in [0.15, 0.2) is 11.0 Å². The van der Waals surface area contributed by atoms with E-state index < -0.39 is 0 Å². The molecule has 23 heavy (non-hydrogen) atoms. The lowest BCUT2D eigenvalue weighted by molar-refractivity contribution is -0.119. The Balaban J connectivity index is 2.13. The molecule has 1 atom stereocenters. The summed E-state index contributed by atoms with van der Waals surface area (Å²) in [4.78, 5) is 11.9. The van der Waals surface area contributed by atoms with Gasteiger partial charge in [-0.15, -0.1) is 10.2 Å². The van der Waals surface area contributed by atoms with Crippen LogP contribution in [0.2, 0.25) is 0 Å². The van der Waals surface area contributed by atoms with Gasteiger partial charge in [-0.3, -0.25) is 4.79 Å². The van der Waals surface area contributed by atoms with Gasteiger partial charge in [0.25, 0.3) is 0 Å². The van der Waals surface area contributed by atoms with Crippen molar-refractivity contribution in [3.05, 3.63) is 24.3 Å². The van der Waals surface area contributed by atoms with Crippen molar-refractivity contribution in [3.8, 4) is 17.1 Å². The van der Waals surface area contributed by atoms with E-state index in [1.54, 1.807) is 18.2 Å². The molecule has 0 fully saturated rings. The molecule has 0 unspecified atom stereocenters. The summed E-state index contributed by atoms with van der Waals surface area (Å²) in [6.07, 6.45) is 0.902. The summed E-state index contributed by atoms with van der Waals surface area (Å²) in [7, 11) is 0. The van der Waals surface area contributed by atoms with Gasteiger partial charge in [0.2, 0.25) is 5.91 Å². The number of rotatable bonds is 7. The third-order valence-corrected chi connectivity index (χ3v) is 4.50. The molecule has 7 heteroatoms. The van der Waals surface area contributed by atoms with Crippen molar-refractivity contribution >= 4 is 17.7 Å². The molecule has 2 rings (SSSR count). The molecule has 1 aromatic carbocycles. The van der Waals surface area contributed by atoms with Crippen LogP contribution in [0.5, 0.6) is 5.75 Å². The first-order valence-electron chi connectivity index (χ1n) is 7.70. The summed E-state index contributed by atoms with van der Waals surface area (Å²) in [6, 6.07) is 7.20. The van der Waals surface area contributed by atoms with Crippen LogP contribution >= 0.6 is 11.8 Å². The Morgan fingerprint density at radius 3 is 2.74 bits per heavy atom. The molecule has 0 bridgehead atoms. The number of nitrogens with zero attached hydrogens (tertiary/aromatic N) is 3. The molecule has 0 aliphatic heterocycles. The zero-order valence-electron chi connectivity index (χ0n) is 13.6. The molecule has 0 spiro atoms. The predicted octanol–water partition coefficient (Wildman–Crippen LogP) is 2.68. The summed E-state index contributed by atoms with van der Waals surface area (Å²) >= 11 is 1.35. The Labute approximate surface area is 140 Å². The van der Waals surface area contributed by atoms with Crippen LogP contribution in [0.4, 0.5) is 0 Å². The fourth-order valence-electron chi connectivity index (χ4n) is 2.09. The SMILES string of the molecule is CC[C@@H](C)NC(=O)CSc1nnc(-c2ccccc2O)n1CC. The molecular formula is C16H22N4O2S. The number of hydrogen-bond donors (Lipinski definition) is 2. The first-order chi connectivity index (χ1) is 11.1. The maximum absolute atomic E-state index is 11.9. The van der Waals surface area contributed by atoms with Crippen molar-refractivity contribution in [1.82, 2.24) is 20.1 Å². The quantitative estimate of drug-likeness (QED) is 0.761. The lowest BCUT2D eigenvalue weighted by Gasteiger charge is -2.11. The van der Waals surface area contributed by atoms with E-state index >= 15 is 0 Å². The number of aromatic hydroxyl groups is 1. The third-order valence-electron chi connectivity index (χ3n) is 3.53. The topological polar surface area (TPSA) is 80.0 Å². The lowest BCUT2D eigenvalue weighted by Crippen LogP contribution is -2.33. The smallest absolute Gasteiger partial charge is 0.230 e. The second kappa shape index (κ2) is 8.01. The molecule has 0 aliphatic carbocycles. The number of amides is 1. The van der Waals surface area contributed by atoms with Crippen molar-refractivity contribution in [2.45, 2.75) is 44.9 Å². The van der Waals surface area contributed by atoms with E-state index in [0.29, 0.717) is 28.8 Å². The van der Waals surface area contributed by atoms with Gasteiger partial charge in [-0.1, -0.05) is 30.8 Å². The molecule has 1 aromatic heterocycles. The number of nitrogens with one attached hydrogen (secondary N) is 1. The first-order valence-corrected chi connectivity index (χ1v) is 8.69. The Hall–Kier alpha value is -2.02. The minimum atomic E-state index is -0.0147. The first kappa shape index (κ1) is 17.3. The minimum Gasteiger partial charge on any atom is -0.507 e. The average molecular weight is 334 g/mol. The number of para-hydroxylation sites is 1. The van der Waals surface area contributed by atoms with Crippen molar-refractivity contribution < 1.29 is 9.90 Å². The molecule has 6 nitrogen and oxygen atoms in total. The van der Waals surface area contributed by atoms with Crippen LogP contribution < -0.4 is 5.32 Å². The largest absolute Gasteiger partial charge is 0.507 e. The second-order valence-electron chi connectivity index (χ2n) is 5.23. The van der Waals surface area contributed by atoms with Crippen LogP contribution in [0.15, 0.2) is 29.4 Å². The fourth-order valence-corrected chi connectivity index (χ4v) is 2.90. The van der Waals surface area contributed by atoms with Crippen LogP contribution in [-0.2, 0) is 11.3 Å². The van der Waals surface area contributed by atoms with Crippen LogP contribution in [0.3, 0.4) is 0 Å². The summed E-state index contributed by atoms with van der Waals surface area (Å²) in [5.41, 5.74) is 0.637. The van der Waals surface area contributed by atoms with E-state index in [1.165, 1.54) is 11.8 Å². The van der Waals surface area contributed by atoms with Gasteiger partial charge in [0.1, 0.15) is 5.75 Å². The number of hydrogen-bond acceptors (Lipinski definition) is 5. The van der Waals surface area contributed by atoms with Gasteiger partial charge < -0.3 is 15.0 Å². The second-order valence-corrected chi connectivity index (χ2v) is 6.18. The van der Waals surface area contributed by atoms with E-state index in [4.69, 9.17) is 0 Å². The highest BCUT2D eigenvalue weighted by Gasteiger charge is 2.16. The van der Waals surface area contributed by atoms with E-state index in [0.717, 1.165) is 6.42 Å². The van der Waals surface area contributed by atoms with E-state index in [1.807, 2.05) is 31.4 Å². The van der Waals surface area contributed by atoms with E-state index in [9.17, 15) is 9.90 Å². The number of aromatic nitrogens is 3. The van der Waals surface area contributed by atoms with Gasteiger partial charge in [-0.25, -0.2) is 0 Å². The summed E-state index contributed by atoms with van der Waals surface area (Å²) in [5, 5.41) is 21.9. The summed E-state index contributed by atoms with van der Waals surface area (Å²) in [6.45, 7) is 6.65. The molecule has 1 heterocycles. The molecule has 0 radical (unpaired) electrons.